The molecule has 2 fully saturated rings. The van der Waals surface area contributed by atoms with Gasteiger partial charge in [-0.05, 0) is 31.4 Å². The zero-order valence-corrected chi connectivity index (χ0v) is 15.2. The largest absolute Gasteiger partial charge is 0.474 e. The monoisotopic (exact) mass is 356 g/mol. The molecule has 0 unspecified atom stereocenters. The summed E-state index contributed by atoms with van der Waals surface area (Å²) in [4.78, 5) is 19.3. The SMILES string of the molecule is CO[C@@]12CC[C@H](Oc3ccccn3)C[C@@H]1N(C(=O)c1ccnn1C)CC2. The highest BCUT2D eigenvalue weighted by Crippen LogP contribution is 2.43. The van der Waals surface area contributed by atoms with Crippen molar-refractivity contribution in [3.05, 3.63) is 42.4 Å². The molecule has 3 atom stereocenters. The summed E-state index contributed by atoms with van der Waals surface area (Å²) in [6.45, 7) is 0.693. The molecule has 138 valence electrons. The van der Waals surface area contributed by atoms with Crippen LogP contribution in [0.15, 0.2) is 36.7 Å². The van der Waals surface area contributed by atoms with Gasteiger partial charge in [-0.3, -0.25) is 9.48 Å². The average molecular weight is 356 g/mol. The Balaban J connectivity index is 1.55. The first kappa shape index (κ1) is 17.0. The van der Waals surface area contributed by atoms with Gasteiger partial charge in [-0.15, -0.1) is 0 Å². The lowest BCUT2D eigenvalue weighted by molar-refractivity contribution is -0.0789. The number of nitrogens with zero attached hydrogens (tertiary/aromatic N) is 4. The van der Waals surface area contributed by atoms with E-state index in [1.54, 1.807) is 37.3 Å². The number of aromatic nitrogens is 3. The lowest BCUT2D eigenvalue weighted by Gasteiger charge is -2.43. The van der Waals surface area contributed by atoms with Crippen molar-refractivity contribution in [2.24, 2.45) is 7.05 Å². The van der Waals surface area contributed by atoms with Crippen LogP contribution in [0.2, 0.25) is 0 Å². The maximum absolute atomic E-state index is 13.1. The number of pyridine rings is 1. The van der Waals surface area contributed by atoms with Crippen molar-refractivity contribution < 1.29 is 14.3 Å². The Kier molecular flexibility index (Phi) is 4.40. The lowest BCUT2D eigenvalue weighted by Crippen LogP contribution is -2.53. The predicted molar refractivity (Wildman–Crippen MR) is 94.9 cm³/mol. The Morgan fingerprint density at radius 1 is 1.27 bits per heavy atom. The molecule has 1 saturated heterocycles. The highest BCUT2D eigenvalue weighted by molar-refractivity contribution is 5.93. The molecule has 26 heavy (non-hydrogen) atoms. The molecule has 1 aliphatic heterocycles. The second kappa shape index (κ2) is 6.72. The fraction of sp³-hybridized carbons (Fsp3) is 0.526. The van der Waals surface area contributed by atoms with Gasteiger partial charge < -0.3 is 14.4 Å². The number of hydrogen-bond acceptors (Lipinski definition) is 5. The summed E-state index contributed by atoms with van der Waals surface area (Å²) < 4.78 is 13.6. The fourth-order valence-electron chi connectivity index (χ4n) is 4.33. The molecule has 1 amide bonds. The van der Waals surface area contributed by atoms with E-state index in [0.717, 1.165) is 25.7 Å². The fourth-order valence-corrected chi connectivity index (χ4v) is 4.33. The number of fused-ring (bicyclic) bond motifs is 1. The number of amides is 1. The van der Waals surface area contributed by atoms with E-state index in [2.05, 4.69) is 10.1 Å². The summed E-state index contributed by atoms with van der Waals surface area (Å²) in [6.07, 6.45) is 6.78. The van der Waals surface area contributed by atoms with Gasteiger partial charge in [0.15, 0.2) is 0 Å². The zero-order chi connectivity index (χ0) is 18.1. The first-order valence-corrected chi connectivity index (χ1v) is 9.05. The molecule has 1 saturated carbocycles. The van der Waals surface area contributed by atoms with Gasteiger partial charge in [0.1, 0.15) is 11.8 Å². The van der Waals surface area contributed by atoms with Crippen molar-refractivity contribution in [3.8, 4) is 5.88 Å². The van der Waals surface area contributed by atoms with E-state index in [1.165, 1.54) is 0 Å². The van der Waals surface area contributed by atoms with Crippen LogP contribution < -0.4 is 4.74 Å². The normalized spacial score (nSPS) is 28.0. The average Bonchev–Trinajstić information content (AvgIpc) is 3.26. The summed E-state index contributed by atoms with van der Waals surface area (Å²) in [5, 5.41) is 4.13. The number of rotatable bonds is 4. The van der Waals surface area contributed by atoms with E-state index in [-0.39, 0.29) is 23.7 Å². The summed E-state index contributed by atoms with van der Waals surface area (Å²) in [7, 11) is 3.55. The Labute approximate surface area is 152 Å². The summed E-state index contributed by atoms with van der Waals surface area (Å²) in [5.41, 5.74) is 0.322. The summed E-state index contributed by atoms with van der Waals surface area (Å²) >= 11 is 0. The molecule has 0 spiro atoms. The van der Waals surface area contributed by atoms with Crippen LogP contribution in [0, 0.1) is 0 Å². The maximum Gasteiger partial charge on any atom is 0.272 e. The third-order valence-electron chi connectivity index (χ3n) is 5.77. The molecule has 2 aromatic heterocycles. The topological polar surface area (TPSA) is 69.5 Å². The van der Waals surface area contributed by atoms with Gasteiger partial charge in [0.25, 0.3) is 5.91 Å². The molecule has 2 aromatic rings. The van der Waals surface area contributed by atoms with Crippen molar-refractivity contribution >= 4 is 5.91 Å². The van der Waals surface area contributed by atoms with Crippen LogP contribution in [-0.4, -0.2) is 57.0 Å². The number of likely N-dealkylation sites (tertiary alicyclic amines) is 1. The Bertz CT molecular complexity index is 778. The van der Waals surface area contributed by atoms with Gasteiger partial charge in [0.2, 0.25) is 5.88 Å². The van der Waals surface area contributed by atoms with Gasteiger partial charge in [0, 0.05) is 45.6 Å². The van der Waals surface area contributed by atoms with Gasteiger partial charge in [-0.2, -0.15) is 5.10 Å². The first-order chi connectivity index (χ1) is 12.6. The van der Waals surface area contributed by atoms with Gasteiger partial charge in [-0.1, -0.05) is 6.07 Å². The van der Waals surface area contributed by atoms with E-state index in [0.29, 0.717) is 18.1 Å². The Morgan fingerprint density at radius 2 is 2.15 bits per heavy atom. The van der Waals surface area contributed by atoms with Crippen LogP contribution in [0.25, 0.3) is 0 Å². The van der Waals surface area contributed by atoms with Crippen LogP contribution in [0.5, 0.6) is 5.88 Å². The number of hydrogen-bond donors (Lipinski definition) is 0. The number of ether oxygens (including phenoxy) is 2. The quantitative estimate of drug-likeness (QED) is 0.839. The zero-order valence-electron chi connectivity index (χ0n) is 15.2. The van der Waals surface area contributed by atoms with Crippen LogP contribution in [0.4, 0.5) is 0 Å². The maximum atomic E-state index is 13.1. The third kappa shape index (κ3) is 2.86. The number of carbonyl (C=O) groups excluding carboxylic acids is 1. The molecule has 3 heterocycles. The lowest BCUT2D eigenvalue weighted by atomic mass is 9.79. The van der Waals surface area contributed by atoms with Crippen molar-refractivity contribution in [1.29, 1.82) is 0 Å². The molecule has 0 bridgehead atoms. The van der Waals surface area contributed by atoms with Crippen LogP contribution in [0.1, 0.15) is 36.2 Å². The Morgan fingerprint density at radius 3 is 2.85 bits per heavy atom. The molecule has 0 aromatic carbocycles. The van der Waals surface area contributed by atoms with Gasteiger partial charge in [0.05, 0.1) is 11.6 Å². The van der Waals surface area contributed by atoms with Crippen molar-refractivity contribution in [2.45, 2.75) is 43.4 Å². The molecule has 2 aliphatic rings. The van der Waals surface area contributed by atoms with Crippen LogP contribution in [0.3, 0.4) is 0 Å². The molecule has 0 N–H and O–H groups in total. The van der Waals surface area contributed by atoms with E-state index in [9.17, 15) is 4.79 Å². The number of methoxy groups -OCH3 is 1. The minimum Gasteiger partial charge on any atom is -0.474 e. The van der Waals surface area contributed by atoms with Crippen molar-refractivity contribution in [2.75, 3.05) is 13.7 Å². The third-order valence-corrected chi connectivity index (χ3v) is 5.77. The molecular weight excluding hydrogens is 332 g/mol. The van der Waals surface area contributed by atoms with Gasteiger partial charge in [-0.25, -0.2) is 4.98 Å². The molecular formula is C19H24N4O3. The number of carbonyl (C=O) groups is 1. The molecule has 4 rings (SSSR count). The smallest absolute Gasteiger partial charge is 0.272 e. The minimum atomic E-state index is -0.280. The molecule has 7 nitrogen and oxygen atoms in total. The van der Waals surface area contributed by atoms with E-state index in [1.807, 2.05) is 23.1 Å². The first-order valence-electron chi connectivity index (χ1n) is 9.05. The van der Waals surface area contributed by atoms with Gasteiger partial charge >= 0.3 is 0 Å². The summed E-state index contributed by atoms with van der Waals surface area (Å²) in [6, 6.07) is 7.41. The molecule has 0 radical (unpaired) electrons. The van der Waals surface area contributed by atoms with Crippen LogP contribution >= 0.6 is 0 Å². The van der Waals surface area contributed by atoms with E-state index >= 15 is 0 Å². The van der Waals surface area contributed by atoms with E-state index < -0.39 is 0 Å². The molecule has 7 heteroatoms. The standard InChI is InChI=1S/C19H24N4O3/c1-22-15(7-11-21-22)18(24)23-12-9-19(25-2)8-6-14(13-16(19)23)26-17-5-3-4-10-20-17/h3-5,7,10-11,14,16H,6,8-9,12-13H2,1-2H3/t14-,16-,19+/m0/s1. The minimum absolute atomic E-state index is 0.00244. The molecule has 1 aliphatic carbocycles. The van der Waals surface area contributed by atoms with E-state index in [4.69, 9.17) is 9.47 Å². The predicted octanol–water partition coefficient (Wildman–Crippen LogP) is 2.05. The number of aryl methyl sites for hydroxylation is 1. The summed E-state index contributed by atoms with van der Waals surface area (Å²) in [5.74, 6) is 0.636. The highest BCUT2D eigenvalue weighted by atomic mass is 16.5. The highest BCUT2D eigenvalue weighted by Gasteiger charge is 2.53. The van der Waals surface area contributed by atoms with Crippen molar-refractivity contribution in [1.82, 2.24) is 19.7 Å². The second-order valence-electron chi connectivity index (χ2n) is 7.06. The Hall–Kier alpha value is -2.41. The second-order valence-corrected chi connectivity index (χ2v) is 7.06. The van der Waals surface area contributed by atoms with Crippen molar-refractivity contribution in [3.63, 3.8) is 0 Å². The van der Waals surface area contributed by atoms with Crippen LogP contribution in [-0.2, 0) is 11.8 Å².